The minimum absolute atomic E-state index is 0.171. The van der Waals surface area contributed by atoms with E-state index in [9.17, 15) is 22.0 Å². The average Bonchev–Trinajstić information content (AvgIpc) is 2.61. The van der Waals surface area contributed by atoms with Gasteiger partial charge in [0.2, 0.25) is 0 Å². The number of sulfonamides is 1. The third-order valence-electron chi connectivity index (χ3n) is 3.74. The number of aryl methyl sites for hydroxylation is 1. The highest BCUT2D eigenvalue weighted by atomic mass is 79.9. The third kappa shape index (κ3) is 2.78. The number of hydrogen-bond acceptors (Lipinski definition) is 3. The summed E-state index contributed by atoms with van der Waals surface area (Å²) in [6.07, 6.45) is 0. The van der Waals surface area contributed by atoms with Crippen LogP contribution in [0.25, 0.3) is 0 Å². The monoisotopic (exact) mass is 395 g/mol. The summed E-state index contributed by atoms with van der Waals surface area (Å²) in [5, 5.41) is 0. The molecule has 1 amide bonds. The zero-order valence-corrected chi connectivity index (χ0v) is 14.7. The van der Waals surface area contributed by atoms with E-state index in [1.54, 1.807) is 19.1 Å². The van der Waals surface area contributed by atoms with Crippen molar-refractivity contribution in [2.45, 2.75) is 35.9 Å². The molecular weight excluding hydrogens is 380 g/mol. The Morgan fingerprint density at radius 3 is 2.18 bits per heavy atom. The van der Waals surface area contributed by atoms with E-state index in [2.05, 4.69) is 15.9 Å². The van der Waals surface area contributed by atoms with Gasteiger partial charge in [-0.3, -0.25) is 4.79 Å². The van der Waals surface area contributed by atoms with Gasteiger partial charge >= 0.3 is 11.8 Å². The van der Waals surface area contributed by atoms with Crippen LogP contribution in [0, 0.1) is 12.8 Å². The van der Waals surface area contributed by atoms with Crippen molar-refractivity contribution in [3.63, 3.8) is 0 Å². The van der Waals surface area contributed by atoms with Crippen molar-refractivity contribution >= 4 is 31.9 Å². The molecule has 0 aliphatic carbocycles. The first-order valence-electron chi connectivity index (χ1n) is 6.59. The molecule has 1 atom stereocenters. The van der Waals surface area contributed by atoms with Crippen molar-refractivity contribution < 1.29 is 22.0 Å². The van der Waals surface area contributed by atoms with Gasteiger partial charge in [0.1, 0.15) is 0 Å². The third-order valence-corrected chi connectivity index (χ3v) is 6.05. The molecule has 1 heterocycles. The predicted molar refractivity (Wildman–Crippen MR) is 81.5 cm³/mol. The van der Waals surface area contributed by atoms with Crippen molar-refractivity contribution in [2.24, 2.45) is 5.92 Å². The first kappa shape index (κ1) is 17.3. The molecule has 0 radical (unpaired) electrons. The van der Waals surface area contributed by atoms with Gasteiger partial charge in [0.05, 0.1) is 10.8 Å². The normalized spacial score (nSPS) is 22.2. The second-order valence-corrected chi connectivity index (χ2v) is 9.80. The topological polar surface area (TPSA) is 54.5 Å². The minimum Gasteiger partial charge on any atom is -0.267 e. The fourth-order valence-corrected chi connectivity index (χ4v) is 4.22. The summed E-state index contributed by atoms with van der Waals surface area (Å²) in [7, 11) is -4.29. The van der Waals surface area contributed by atoms with E-state index in [1.807, 2.05) is 0 Å². The van der Waals surface area contributed by atoms with Gasteiger partial charge < -0.3 is 0 Å². The minimum atomic E-state index is -4.29. The standard InChI is InChI=1S/C14H16BrF2NO3S/c1-9-4-6-10(7-5-9)22(20,21)18-8-11(13(2,3)15)14(16,17)12(18)19/h4-7,11H,8H2,1-3H3. The van der Waals surface area contributed by atoms with Crippen LogP contribution in [-0.2, 0) is 14.8 Å². The number of halogens is 3. The van der Waals surface area contributed by atoms with E-state index in [0.717, 1.165) is 5.56 Å². The Labute approximate surface area is 136 Å². The molecular formula is C14H16BrF2NO3S. The van der Waals surface area contributed by atoms with E-state index in [4.69, 9.17) is 0 Å². The van der Waals surface area contributed by atoms with Crippen LogP contribution < -0.4 is 0 Å². The SMILES string of the molecule is Cc1ccc(S(=O)(=O)N2CC(C(C)(C)Br)C(F)(F)C2=O)cc1. The molecule has 0 saturated carbocycles. The summed E-state index contributed by atoms with van der Waals surface area (Å²) in [5.74, 6) is -6.84. The van der Waals surface area contributed by atoms with Crippen molar-refractivity contribution in [2.75, 3.05) is 6.54 Å². The van der Waals surface area contributed by atoms with Crippen molar-refractivity contribution in [3.05, 3.63) is 29.8 Å². The molecule has 0 spiro atoms. The molecule has 1 aliphatic heterocycles. The molecule has 0 bridgehead atoms. The highest BCUT2D eigenvalue weighted by molar-refractivity contribution is 9.10. The zero-order valence-electron chi connectivity index (χ0n) is 12.3. The highest BCUT2D eigenvalue weighted by Crippen LogP contribution is 2.45. The Bertz CT molecular complexity index is 696. The van der Waals surface area contributed by atoms with E-state index in [1.165, 1.54) is 26.0 Å². The fourth-order valence-electron chi connectivity index (χ4n) is 2.37. The van der Waals surface area contributed by atoms with Gasteiger partial charge in [-0.1, -0.05) is 33.6 Å². The van der Waals surface area contributed by atoms with Crippen LogP contribution in [0.5, 0.6) is 0 Å². The molecule has 0 aromatic heterocycles. The van der Waals surface area contributed by atoms with Crippen LogP contribution in [0.1, 0.15) is 19.4 Å². The Morgan fingerprint density at radius 2 is 1.77 bits per heavy atom. The maximum atomic E-state index is 14.2. The molecule has 122 valence electrons. The predicted octanol–water partition coefficient (Wildman–Crippen LogP) is 2.95. The summed E-state index contributed by atoms with van der Waals surface area (Å²) >= 11 is 3.11. The Hall–Kier alpha value is -1.02. The molecule has 1 unspecified atom stereocenters. The lowest BCUT2D eigenvalue weighted by atomic mass is 9.92. The summed E-state index contributed by atoms with van der Waals surface area (Å²) in [6, 6.07) is 5.72. The quantitative estimate of drug-likeness (QED) is 0.739. The van der Waals surface area contributed by atoms with Crippen LogP contribution in [0.4, 0.5) is 8.78 Å². The molecule has 1 aromatic carbocycles. The van der Waals surface area contributed by atoms with Gasteiger partial charge in [-0.2, -0.15) is 8.78 Å². The van der Waals surface area contributed by atoms with E-state index < -0.39 is 38.6 Å². The van der Waals surface area contributed by atoms with Crippen molar-refractivity contribution in [1.29, 1.82) is 0 Å². The lowest BCUT2D eigenvalue weighted by Gasteiger charge is -2.27. The molecule has 1 saturated heterocycles. The van der Waals surface area contributed by atoms with E-state index in [-0.39, 0.29) is 9.20 Å². The van der Waals surface area contributed by atoms with Gasteiger partial charge in [-0.05, 0) is 32.9 Å². The van der Waals surface area contributed by atoms with Crippen LogP contribution in [0.3, 0.4) is 0 Å². The summed E-state index contributed by atoms with van der Waals surface area (Å²) in [6.45, 7) is 4.19. The summed E-state index contributed by atoms with van der Waals surface area (Å²) in [4.78, 5) is 11.8. The van der Waals surface area contributed by atoms with Crippen LogP contribution in [-0.4, -0.2) is 35.4 Å². The molecule has 2 rings (SSSR count). The number of hydrogen-bond donors (Lipinski definition) is 0. The largest absolute Gasteiger partial charge is 0.331 e. The molecule has 0 N–H and O–H groups in total. The Kier molecular flexibility index (Phi) is 4.15. The van der Waals surface area contributed by atoms with Crippen molar-refractivity contribution in [1.82, 2.24) is 4.31 Å². The molecule has 4 nitrogen and oxygen atoms in total. The van der Waals surface area contributed by atoms with Gasteiger partial charge in [-0.15, -0.1) is 0 Å². The van der Waals surface area contributed by atoms with Crippen LogP contribution in [0.15, 0.2) is 29.2 Å². The summed E-state index contributed by atoms with van der Waals surface area (Å²) in [5.41, 5.74) is 0.830. The van der Waals surface area contributed by atoms with Gasteiger partial charge in [0.15, 0.2) is 0 Å². The van der Waals surface area contributed by atoms with Gasteiger partial charge in [0.25, 0.3) is 10.0 Å². The van der Waals surface area contributed by atoms with Crippen LogP contribution in [0.2, 0.25) is 0 Å². The maximum absolute atomic E-state index is 14.2. The smallest absolute Gasteiger partial charge is 0.267 e. The molecule has 1 fully saturated rings. The fraction of sp³-hybridized carbons (Fsp3) is 0.500. The number of alkyl halides is 3. The lowest BCUT2D eigenvalue weighted by Crippen LogP contribution is -2.41. The number of amides is 1. The molecule has 1 aromatic rings. The van der Waals surface area contributed by atoms with Crippen LogP contribution >= 0.6 is 15.9 Å². The Morgan fingerprint density at radius 1 is 1.27 bits per heavy atom. The van der Waals surface area contributed by atoms with Gasteiger partial charge in [0, 0.05) is 10.9 Å². The number of benzene rings is 1. The number of carbonyl (C=O) groups is 1. The number of carbonyl (C=O) groups excluding carboxylic acids is 1. The van der Waals surface area contributed by atoms with E-state index >= 15 is 0 Å². The average molecular weight is 396 g/mol. The van der Waals surface area contributed by atoms with Crippen molar-refractivity contribution in [3.8, 4) is 0 Å². The highest BCUT2D eigenvalue weighted by Gasteiger charge is 2.63. The molecule has 22 heavy (non-hydrogen) atoms. The number of nitrogens with zero attached hydrogens (tertiary/aromatic N) is 1. The number of rotatable bonds is 3. The Balaban J connectivity index is 2.45. The first-order chi connectivity index (χ1) is 9.88. The second-order valence-electron chi connectivity index (χ2n) is 5.89. The zero-order chi connectivity index (χ0) is 16.9. The second kappa shape index (κ2) is 5.26. The van der Waals surface area contributed by atoms with E-state index in [0.29, 0.717) is 0 Å². The van der Waals surface area contributed by atoms with Gasteiger partial charge in [-0.25, -0.2) is 12.7 Å². The molecule has 1 aliphatic rings. The summed E-state index contributed by atoms with van der Waals surface area (Å²) < 4.78 is 52.5. The first-order valence-corrected chi connectivity index (χ1v) is 8.82. The maximum Gasteiger partial charge on any atom is 0.331 e. The lowest BCUT2D eigenvalue weighted by molar-refractivity contribution is -0.148. The molecule has 8 heteroatoms.